The van der Waals surface area contributed by atoms with Crippen molar-refractivity contribution in [3.8, 4) is 0 Å². The molecule has 4 aliphatic heterocycles. The summed E-state index contributed by atoms with van der Waals surface area (Å²) in [7, 11) is 0. The van der Waals surface area contributed by atoms with Gasteiger partial charge in [-0.3, -0.25) is 0 Å². The van der Waals surface area contributed by atoms with Crippen LogP contribution in [-0.4, -0.2) is 78.2 Å². The van der Waals surface area contributed by atoms with Gasteiger partial charge in [0.2, 0.25) is 0 Å². The van der Waals surface area contributed by atoms with Crippen LogP contribution in [0.2, 0.25) is 0 Å². The second-order valence-electron chi connectivity index (χ2n) is 10.9. The molecule has 2 atom stereocenters. The van der Waals surface area contributed by atoms with Gasteiger partial charge in [0.25, 0.3) is 0 Å². The van der Waals surface area contributed by atoms with E-state index in [9.17, 15) is 0 Å². The zero-order chi connectivity index (χ0) is 19.1. The molecule has 0 aliphatic carbocycles. The average molecular weight is 377 g/mol. The summed E-state index contributed by atoms with van der Waals surface area (Å²) in [6, 6.07) is 2.77. The smallest absolute Gasteiger partial charge is 0.142 e. The Balaban J connectivity index is 1.21. The van der Waals surface area contributed by atoms with E-state index in [1.165, 1.54) is 102 Å². The highest BCUT2D eigenvalue weighted by molar-refractivity contribution is 4.95. The second-order valence-corrected chi connectivity index (χ2v) is 10.9. The van der Waals surface area contributed by atoms with E-state index in [1.807, 2.05) is 0 Å². The summed E-state index contributed by atoms with van der Waals surface area (Å²) in [6.07, 6.45) is 11.7. The molecule has 3 nitrogen and oxygen atoms in total. The highest BCUT2D eigenvalue weighted by Gasteiger charge is 2.65. The third-order valence-electron chi connectivity index (χ3n) is 9.44. The van der Waals surface area contributed by atoms with E-state index < -0.39 is 0 Å². The van der Waals surface area contributed by atoms with Crippen LogP contribution in [0, 0.1) is 11.3 Å². The quantitative estimate of drug-likeness (QED) is 0.519. The Morgan fingerprint density at radius 1 is 0.852 bits per heavy atom. The highest BCUT2D eigenvalue weighted by atomic mass is 15.5. The lowest BCUT2D eigenvalue weighted by atomic mass is 9.71. The number of hydrogen-bond acceptors (Lipinski definition) is 2. The molecule has 4 fully saturated rings. The maximum absolute atomic E-state index is 2.83. The Morgan fingerprint density at radius 2 is 1.41 bits per heavy atom. The minimum Gasteiger partial charge on any atom is -0.309 e. The molecule has 27 heavy (non-hydrogen) atoms. The van der Waals surface area contributed by atoms with E-state index in [0.29, 0.717) is 0 Å². The zero-order valence-corrected chi connectivity index (χ0v) is 18.8. The van der Waals surface area contributed by atoms with Gasteiger partial charge in [-0.2, -0.15) is 0 Å². The second kappa shape index (κ2) is 7.95. The summed E-state index contributed by atoms with van der Waals surface area (Å²) in [5.74, 6) is 0.961. The third-order valence-corrected chi connectivity index (χ3v) is 9.44. The molecule has 4 heterocycles. The molecule has 0 saturated carbocycles. The molecule has 4 rings (SSSR count). The molecule has 2 unspecified atom stereocenters. The van der Waals surface area contributed by atoms with Crippen molar-refractivity contribution in [2.45, 2.75) is 97.2 Å². The van der Waals surface area contributed by atoms with Crippen molar-refractivity contribution in [2.24, 2.45) is 11.3 Å². The molecule has 0 N–H and O–H groups in total. The molecule has 0 aromatic rings. The van der Waals surface area contributed by atoms with E-state index in [4.69, 9.17) is 0 Å². The summed E-state index contributed by atoms with van der Waals surface area (Å²) >= 11 is 0. The first-order valence-corrected chi connectivity index (χ1v) is 12.3. The fourth-order valence-electron chi connectivity index (χ4n) is 7.38. The Kier molecular flexibility index (Phi) is 5.94. The summed E-state index contributed by atoms with van der Waals surface area (Å²) in [4.78, 5) is 5.50. The van der Waals surface area contributed by atoms with Crippen molar-refractivity contribution in [1.82, 2.24) is 9.80 Å². The number of rotatable bonds is 5. The lowest BCUT2D eigenvalue weighted by molar-refractivity contribution is -0.836. The molecular formula is C24H46N3+. The van der Waals surface area contributed by atoms with Gasteiger partial charge in [0.1, 0.15) is 12.1 Å². The molecule has 2 spiro atoms. The highest BCUT2D eigenvalue weighted by Crippen LogP contribution is 2.52. The Labute approximate surface area is 169 Å². The van der Waals surface area contributed by atoms with Gasteiger partial charge < -0.3 is 14.3 Å². The van der Waals surface area contributed by atoms with Crippen LogP contribution >= 0.6 is 0 Å². The molecular weight excluding hydrogens is 330 g/mol. The van der Waals surface area contributed by atoms with Crippen molar-refractivity contribution >= 4 is 0 Å². The summed E-state index contributed by atoms with van der Waals surface area (Å²) in [6.45, 7) is 19.4. The average Bonchev–Trinajstić information content (AvgIpc) is 3.32. The van der Waals surface area contributed by atoms with Crippen molar-refractivity contribution in [3.05, 3.63) is 0 Å². The van der Waals surface area contributed by atoms with E-state index in [0.717, 1.165) is 29.5 Å². The van der Waals surface area contributed by atoms with Gasteiger partial charge in [0.05, 0.1) is 13.1 Å². The molecule has 0 bridgehead atoms. The van der Waals surface area contributed by atoms with Gasteiger partial charge in [0, 0.05) is 38.3 Å². The lowest BCUT2D eigenvalue weighted by Gasteiger charge is -2.47. The van der Waals surface area contributed by atoms with Crippen LogP contribution in [0.5, 0.6) is 0 Å². The molecule has 0 amide bonds. The predicted molar refractivity (Wildman–Crippen MR) is 115 cm³/mol. The van der Waals surface area contributed by atoms with Crippen LogP contribution in [0.1, 0.15) is 79.1 Å². The van der Waals surface area contributed by atoms with Crippen LogP contribution in [0.25, 0.3) is 0 Å². The van der Waals surface area contributed by atoms with Crippen molar-refractivity contribution in [1.29, 1.82) is 0 Å². The van der Waals surface area contributed by atoms with E-state index in [1.54, 1.807) is 0 Å². The number of nitrogens with zero attached hydrogens (tertiary/aromatic N) is 3. The molecule has 4 saturated heterocycles. The minimum atomic E-state index is 0.722. The minimum absolute atomic E-state index is 0.722. The summed E-state index contributed by atoms with van der Waals surface area (Å²) in [5, 5.41) is 0. The van der Waals surface area contributed by atoms with Crippen LogP contribution in [0.3, 0.4) is 0 Å². The van der Waals surface area contributed by atoms with E-state index >= 15 is 0 Å². The van der Waals surface area contributed by atoms with Crippen LogP contribution in [-0.2, 0) is 0 Å². The van der Waals surface area contributed by atoms with Crippen LogP contribution in [0.15, 0.2) is 0 Å². The maximum Gasteiger partial charge on any atom is 0.142 e. The van der Waals surface area contributed by atoms with Gasteiger partial charge in [-0.15, -0.1) is 0 Å². The van der Waals surface area contributed by atoms with Gasteiger partial charge in [-0.1, -0.05) is 13.8 Å². The number of likely N-dealkylation sites (tertiary alicyclic amines) is 2. The zero-order valence-electron chi connectivity index (χ0n) is 18.8. The van der Waals surface area contributed by atoms with Gasteiger partial charge in [0.15, 0.2) is 0 Å². The first-order valence-electron chi connectivity index (χ1n) is 12.3. The Hall–Kier alpha value is -0.120. The van der Waals surface area contributed by atoms with Crippen molar-refractivity contribution in [2.75, 3.05) is 45.8 Å². The standard InChI is InChI=1S/C24H46N3/c1-5-22-23(6-2)27(22)17-11-24(12-18-27)9-15-25(16-10-24)19-21-7-13-26(14-8-21)20(3)4/h20-23H,5-19H2,1-4H3/q+1. The Bertz CT molecular complexity index is 464. The van der Waals surface area contributed by atoms with Crippen LogP contribution < -0.4 is 0 Å². The number of hydrogen-bond donors (Lipinski definition) is 0. The van der Waals surface area contributed by atoms with E-state index in [2.05, 4.69) is 37.5 Å². The largest absolute Gasteiger partial charge is 0.309 e. The summed E-state index contributed by atoms with van der Waals surface area (Å²) < 4.78 is 1.52. The SMILES string of the molecule is CCC1C(CC)[N+]12CCC1(CCN(CC3CCN(C(C)C)CC3)CC1)CC2. The third kappa shape index (κ3) is 3.85. The summed E-state index contributed by atoms with van der Waals surface area (Å²) in [5.41, 5.74) is 0.722. The number of quaternary nitrogens is 1. The molecule has 0 aromatic heterocycles. The lowest BCUT2D eigenvalue weighted by Crippen LogP contribution is -2.50. The maximum atomic E-state index is 2.83. The van der Waals surface area contributed by atoms with Gasteiger partial charge in [-0.05, 0) is 77.0 Å². The first kappa shape index (κ1) is 20.2. The fourth-order valence-corrected chi connectivity index (χ4v) is 7.38. The molecule has 0 radical (unpaired) electrons. The molecule has 3 heteroatoms. The van der Waals surface area contributed by atoms with Gasteiger partial charge >= 0.3 is 0 Å². The van der Waals surface area contributed by atoms with Crippen molar-refractivity contribution < 1.29 is 4.48 Å². The van der Waals surface area contributed by atoms with Gasteiger partial charge in [-0.25, -0.2) is 0 Å². The molecule has 4 aliphatic rings. The number of piperidine rings is 3. The molecule has 0 aromatic carbocycles. The first-order chi connectivity index (χ1) is 13.0. The normalized spacial score (nSPS) is 34.6. The Morgan fingerprint density at radius 3 is 1.89 bits per heavy atom. The van der Waals surface area contributed by atoms with Crippen LogP contribution in [0.4, 0.5) is 0 Å². The topological polar surface area (TPSA) is 6.48 Å². The molecule has 156 valence electrons. The monoisotopic (exact) mass is 376 g/mol. The predicted octanol–water partition coefficient (Wildman–Crippen LogP) is 4.37. The van der Waals surface area contributed by atoms with E-state index in [-0.39, 0.29) is 0 Å². The van der Waals surface area contributed by atoms with Crippen molar-refractivity contribution in [3.63, 3.8) is 0 Å². The fraction of sp³-hybridized carbons (Fsp3) is 1.00.